The first-order valence-corrected chi connectivity index (χ1v) is 10.3. The van der Waals surface area contributed by atoms with E-state index in [1.807, 2.05) is 25.4 Å². The summed E-state index contributed by atoms with van der Waals surface area (Å²) in [4.78, 5) is 18.3. The van der Waals surface area contributed by atoms with Crippen LogP contribution >= 0.6 is 0 Å². The van der Waals surface area contributed by atoms with Gasteiger partial charge in [-0.2, -0.15) is 0 Å². The first-order valence-electron chi connectivity index (χ1n) is 10.3. The van der Waals surface area contributed by atoms with Gasteiger partial charge in [-0.15, -0.1) is 0 Å². The number of imidazole rings is 1. The normalized spacial score (nSPS) is 20.4. The van der Waals surface area contributed by atoms with Crippen LogP contribution in [0.1, 0.15) is 19.5 Å². The second-order valence-electron chi connectivity index (χ2n) is 8.40. The summed E-state index contributed by atoms with van der Waals surface area (Å²) in [6.45, 7) is 8.36. The molecule has 7 heteroatoms. The number of pyridine rings is 1. The highest BCUT2D eigenvalue weighted by atomic mass is 19.1. The number of aryl methyl sites for hydroxylation is 1. The molecule has 0 aliphatic carbocycles. The number of hydrogen-bond donors (Lipinski definition) is 0. The van der Waals surface area contributed by atoms with Gasteiger partial charge in [0.2, 0.25) is 0 Å². The van der Waals surface area contributed by atoms with E-state index in [2.05, 4.69) is 52.8 Å². The summed E-state index contributed by atoms with van der Waals surface area (Å²) >= 11 is 0. The lowest BCUT2D eigenvalue weighted by molar-refractivity contribution is 0.170. The zero-order valence-electron chi connectivity index (χ0n) is 17.7. The smallest absolute Gasteiger partial charge is 0.173 e. The highest BCUT2D eigenvalue weighted by molar-refractivity contribution is 5.83. The van der Waals surface area contributed by atoms with Crippen molar-refractivity contribution in [3.8, 4) is 11.4 Å². The van der Waals surface area contributed by atoms with E-state index >= 15 is 0 Å². The fourth-order valence-electron chi connectivity index (χ4n) is 4.27. The number of nitrogens with zero attached hydrogens (tertiary/aromatic N) is 6. The molecule has 0 amide bonds. The van der Waals surface area contributed by atoms with Gasteiger partial charge in [0.1, 0.15) is 0 Å². The number of benzene rings is 1. The summed E-state index contributed by atoms with van der Waals surface area (Å²) in [7, 11) is 2.19. The van der Waals surface area contributed by atoms with Gasteiger partial charge in [0.25, 0.3) is 0 Å². The third-order valence-electron chi connectivity index (χ3n) is 6.17. The number of piperazine rings is 1. The molecule has 2 atom stereocenters. The molecule has 0 radical (unpaired) electrons. The zero-order chi connectivity index (χ0) is 21.0. The number of likely N-dealkylation sites (N-methyl/N-ethyl adjacent to an activating group) is 1. The van der Waals surface area contributed by atoms with Crippen LogP contribution in [-0.2, 0) is 0 Å². The van der Waals surface area contributed by atoms with Crippen LogP contribution in [0.5, 0.6) is 0 Å². The van der Waals surface area contributed by atoms with Crippen molar-refractivity contribution in [3.63, 3.8) is 0 Å². The van der Waals surface area contributed by atoms with Crippen molar-refractivity contribution in [1.82, 2.24) is 24.3 Å². The molecule has 0 N–H and O–H groups in total. The predicted octanol–water partition coefficient (Wildman–Crippen LogP) is 3.92. The molecule has 1 aliphatic rings. The maximum Gasteiger partial charge on any atom is 0.173 e. The van der Waals surface area contributed by atoms with Crippen LogP contribution in [0, 0.1) is 12.7 Å². The lowest BCUT2D eigenvalue weighted by atomic mass is 10.1. The number of hydrogen-bond acceptors (Lipinski definition) is 5. The van der Waals surface area contributed by atoms with Crippen molar-refractivity contribution in [2.45, 2.75) is 32.9 Å². The van der Waals surface area contributed by atoms with E-state index in [0.29, 0.717) is 29.1 Å². The lowest BCUT2D eigenvalue weighted by Crippen LogP contribution is -2.55. The monoisotopic (exact) mass is 404 g/mol. The Kier molecular flexibility index (Phi) is 4.43. The standard InChI is InChI=1S/C23H25FN6/c1-14-10-30-13-18(8-20(24)23(30)26-14)22-25-9-17-7-19(5-6-21(17)27-22)29-11-15(2)28(4)16(3)12-29/h5-10,13,15-16H,11-12H2,1-4H3/t15-,16+. The fraction of sp³-hybridized carbons (Fsp3) is 0.348. The molecule has 1 aromatic carbocycles. The van der Waals surface area contributed by atoms with Crippen LogP contribution in [0.2, 0.25) is 0 Å². The van der Waals surface area contributed by atoms with E-state index in [-0.39, 0.29) is 5.82 Å². The van der Waals surface area contributed by atoms with Crippen molar-refractivity contribution < 1.29 is 4.39 Å². The average molecular weight is 404 g/mol. The van der Waals surface area contributed by atoms with Crippen LogP contribution < -0.4 is 4.90 Å². The van der Waals surface area contributed by atoms with Gasteiger partial charge < -0.3 is 9.30 Å². The van der Waals surface area contributed by atoms with Gasteiger partial charge in [-0.05, 0) is 52.1 Å². The SMILES string of the molecule is Cc1cn2cc(-c3ncc4cc(N5C[C@@H](C)N(C)[C@@H](C)C5)ccc4n3)cc(F)c2n1. The van der Waals surface area contributed by atoms with Crippen molar-refractivity contribution in [2.24, 2.45) is 0 Å². The third-order valence-corrected chi connectivity index (χ3v) is 6.17. The molecular weight excluding hydrogens is 379 g/mol. The van der Waals surface area contributed by atoms with Crippen LogP contribution in [0.3, 0.4) is 0 Å². The van der Waals surface area contributed by atoms with Gasteiger partial charge in [0, 0.05) is 60.4 Å². The number of anilines is 1. The fourth-order valence-corrected chi connectivity index (χ4v) is 4.27. The Bertz CT molecular complexity index is 1240. The molecular formula is C23H25FN6. The Hall–Kier alpha value is -3.06. The third kappa shape index (κ3) is 3.19. The molecule has 1 aliphatic heterocycles. The van der Waals surface area contributed by atoms with E-state index in [4.69, 9.17) is 4.98 Å². The summed E-state index contributed by atoms with van der Waals surface area (Å²) in [6, 6.07) is 8.74. The molecule has 1 saturated heterocycles. The first-order chi connectivity index (χ1) is 14.4. The minimum absolute atomic E-state index is 0.317. The van der Waals surface area contributed by atoms with Crippen molar-refractivity contribution in [2.75, 3.05) is 25.0 Å². The zero-order valence-corrected chi connectivity index (χ0v) is 17.7. The summed E-state index contributed by atoms with van der Waals surface area (Å²) in [5.74, 6) is 0.127. The maximum absolute atomic E-state index is 14.5. The topological polar surface area (TPSA) is 49.6 Å². The van der Waals surface area contributed by atoms with E-state index in [1.54, 1.807) is 10.6 Å². The highest BCUT2D eigenvalue weighted by Crippen LogP contribution is 2.27. The quantitative estimate of drug-likeness (QED) is 0.507. The van der Waals surface area contributed by atoms with E-state index in [9.17, 15) is 4.39 Å². The summed E-state index contributed by atoms with van der Waals surface area (Å²) < 4.78 is 16.1. The molecule has 1 fully saturated rings. The van der Waals surface area contributed by atoms with Gasteiger partial charge >= 0.3 is 0 Å². The van der Waals surface area contributed by atoms with Gasteiger partial charge in [-0.25, -0.2) is 19.3 Å². The van der Waals surface area contributed by atoms with Crippen molar-refractivity contribution in [3.05, 3.63) is 54.4 Å². The average Bonchev–Trinajstić information content (AvgIpc) is 3.11. The van der Waals surface area contributed by atoms with E-state index in [1.165, 1.54) is 11.8 Å². The Morgan fingerprint density at radius 3 is 2.57 bits per heavy atom. The number of rotatable bonds is 2. The molecule has 0 bridgehead atoms. The highest BCUT2D eigenvalue weighted by Gasteiger charge is 2.26. The Labute approximate surface area is 175 Å². The van der Waals surface area contributed by atoms with Crippen molar-refractivity contribution in [1.29, 1.82) is 0 Å². The van der Waals surface area contributed by atoms with E-state index in [0.717, 1.165) is 29.7 Å². The number of fused-ring (bicyclic) bond motifs is 2. The summed E-state index contributed by atoms with van der Waals surface area (Å²) in [5.41, 5.74) is 3.75. The molecule has 4 aromatic rings. The molecule has 4 heterocycles. The Balaban J connectivity index is 1.49. The molecule has 3 aromatic heterocycles. The van der Waals surface area contributed by atoms with Gasteiger partial charge in [0.15, 0.2) is 17.3 Å². The summed E-state index contributed by atoms with van der Waals surface area (Å²) in [6.07, 6.45) is 5.44. The molecule has 30 heavy (non-hydrogen) atoms. The van der Waals surface area contributed by atoms with Gasteiger partial charge in [-0.1, -0.05) is 0 Å². The Morgan fingerprint density at radius 1 is 1.03 bits per heavy atom. The maximum atomic E-state index is 14.5. The number of aromatic nitrogens is 4. The lowest BCUT2D eigenvalue weighted by Gasteiger charge is -2.43. The van der Waals surface area contributed by atoms with Crippen molar-refractivity contribution >= 4 is 22.2 Å². The van der Waals surface area contributed by atoms with Gasteiger partial charge in [-0.3, -0.25) is 4.90 Å². The molecule has 154 valence electrons. The molecule has 5 rings (SSSR count). The predicted molar refractivity (Wildman–Crippen MR) is 117 cm³/mol. The van der Waals surface area contributed by atoms with Crippen LogP contribution in [0.4, 0.5) is 10.1 Å². The molecule has 0 saturated carbocycles. The van der Waals surface area contributed by atoms with Crippen LogP contribution in [0.25, 0.3) is 27.9 Å². The van der Waals surface area contributed by atoms with E-state index < -0.39 is 0 Å². The molecule has 6 nitrogen and oxygen atoms in total. The summed E-state index contributed by atoms with van der Waals surface area (Å²) in [5, 5.41) is 0.982. The first kappa shape index (κ1) is 18.9. The largest absolute Gasteiger partial charge is 0.368 e. The van der Waals surface area contributed by atoms with Crippen LogP contribution in [0.15, 0.2) is 42.9 Å². The van der Waals surface area contributed by atoms with Gasteiger partial charge in [0.05, 0.1) is 11.2 Å². The second-order valence-corrected chi connectivity index (χ2v) is 8.40. The second kappa shape index (κ2) is 7.02. The molecule has 0 unspecified atom stereocenters. The molecule has 0 spiro atoms. The minimum Gasteiger partial charge on any atom is -0.368 e. The minimum atomic E-state index is -0.377. The van der Waals surface area contributed by atoms with Crippen LogP contribution in [-0.4, -0.2) is 56.5 Å². The Morgan fingerprint density at radius 2 is 1.80 bits per heavy atom. The number of halogens is 1.